The first-order valence-corrected chi connectivity index (χ1v) is 12.9. The van der Waals surface area contributed by atoms with Crippen LogP contribution in [0, 0.1) is 5.92 Å². The average molecular weight is 444 g/mol. The van der Waals surface area contributed by atoms with Crippen molar-refractivity contribution < 1.29 is 13.2 Å². The lowest BCUT2D eigenvalue weighted by atomic mass is 9.91. The van der Waals surface area contributed by atoms with Gasteiger partial charge in [0.05, 0.1) is 6.04 Å². The van der Waals surface area contributed by atoms with Gasteiger partial charge in [0, 0.05) is 36.0 Å². The van der Waals surface area contributed by atoms with Gasteiger partial charge >= 0.3 is 0 Å². The summed E-state index contributed by atoms with van der Waals surface area (Å²) in [4.78, 5) is 19.2. The molecule has 6 nitrogen and oxygen atoms in total. The van der Waals surface area contributed by atoms with E-state index in [4.69, 9.17) is 0 Å². The van der Waals surface area contributed by atoms with E-state index in [1.165, 1.54) is 10.4 Å². The van der Waals surface area contributed by atoms with Gasteiger partial charge in [-0.3, -0.25) is 4.79 Å². The Kier molecular flexibility index (Phi) is 4.94. The number of thiophene rings is 1. The minimum Gasteiger partial charge on any atom is -0.355 e. The molecule has 158 valence electrons. The third-order valence-corrected chi connectivity index (χ3v) is 8.84. The third kappa shape index (κ3) is 3.17. The number of amides is 1. The lowest BCUT2D eigenvalue weighted by molar-refractivity contribution is -0.139. The average Bonchev–Trinajstić information content (AvgIpc) is 3.35. The Balaban J connectivity index is 1.30. The maximum Gasteiger partial charge on any atom is 0.285 e. The molecule has 3 aliphatic rings. The van der Waals surface area contributed by atoms with Gasteiger partial charge < -0.3 is 9.80 Å². The number of amidine groups is 1. The lowest BCUT2D eigenvalue weighted by Crippen LogP contribution is -2.47. The second kappa shape index (κ2) is 7.50. The maximum atomic E-state index is 13.4. The van der Waals surface area contributed by atoms with Gasteiger partial charge in [0.15, 0.2) is 5.84 Å². The van der Waals surface area contributed by atoms with Gasteiger partial charge in [0.1, 0.15) is 4.90 Å². The molecule has 1 amide bonds. The Labute approximate surface area is 181 Å². The second-order valence-corrected chi connectivity index (χ2v) is 10.7. The highest BCUT2D eigenvalue weighted by molar-refractivity contribution is 7.90. The number of fused-ring (bicyclic) bond motifs is 2. The molecule has 0 saturated carbocycles. The van der Waals surface area contributed by atoms with Gasteiger partial charge in [-0.1, -0.05) is 19.1 Å². The minimum absolute atomic E-state index is 0.00987. The van der Waals surface area contributed by atoms with Crippen molar-refractivity contribution in [2.75, 3.05) is 19.6 Å². The molecule has 3 aliphatic heterocycles. The number of piperidine rings is 1. The molecule has 0 bridgehead atoms. The summed E-state index contributed by atoms with van der Waals surface area (Å²) in [5.41, 5.74) is 2.00. The van der Waals surface area contributed by atoms with Crippen molar-refractivity contribution >= 4 is 33.1 Å². The van der Waals surface area contributed by atoms with Gasteiger partial charge in [0.2, 0.25) is 5.91 Å². The second-order valence-electron chi connectivity index (χ2n) is 8.15. The van der Waals surface area contributed by atoms with Gasteiger partial charge in [-0.25, -0.2) is 0 Å². The van der Waals surface area contributed by atoms with E-state index < -0.39 is 10.0 Å². The van der Waals surface area contributed by atoms with E-state index in [-0.39, 0.29) is 22.8 Å². The monoisotopic (exact) mass is 443 g/mol. The number of nitrogens with zero attached hydrogens (tertiary/aromatic N) is 3. The van der Waals surface area contributed by atoms with Crippen molar-refractivity contribution in [2.24, 2.45) is 10.3 Å². The molecule has 5 rings (SSSR count). The van der Waals surface area contributed by atoms with Crippen LogP contribution in [0.3, 0.4) is 0 Å². The zero-order valence-electron chi connectivity index (χ0n) is 17.0. The number of hydrogen-bond donors (Lipinski definition) is 0. The Hall–Kier alpha value is -2.19. The van der Waals surface area contributed by atoms with Gasteiger partial charge in [-0.2, -0.15) is 8.42 Å². The Bertz CT molecular complexity index is 1110. The standard InChI is InChI=1S/C22H25N3O3S2/c1-2-18-16-10-14-29-19(16)9-13-25(18)22(26)15-7-11-24(12-8-15)21-17-5-3-4-6-20(17)30(27,28)23-21/h3-6,10,14-15,18H,2,7-9,11-13H2,1H3. The summed E-state index contributed by atoms with van der Waals surface area (Å²) in [6.07, 6.45) is 3.33. The van der Waals surface area contributed by atoms with Crippen LogP contribution in [0.4, 0.5) is 0 Å². The molecule has 0 aliphatic carbocycles. The van der Waals surface area contributed by atoms with E-state index >= 15 is 0 Å². The van der Waals surface area contributed by atoms with Crippen molar-refractivity contribution in [2.45, 2.75) is 43.5 Å². The van der Waals surface area contributed by atoms with Crippen LogP contribution < -0.4 is 0 Å². The Morgan fingerprint density at radius 2 is 1.93 bits per heavy atom. The van der Waals surface area contributed by atoms with E-state index in [0.717, 1.165) is 32.2 Å². The summed E-state index contributed by atoms with van der Waals surface area (Å²) in [6.45, 7) is 4.24. The number of benzene rings is 1. The summed E-state index contributed by atoms with van der Waals surface area (Å²) in [6, 6.07) is 9.34. The topological polar surface area (TPSA) is 70.1 Å². The summed E-state index contributed by atoms with van der Waals surface area (Å²) in [7, 11) is -3.61. The fourth-order valence-corrected chi connectivity index (χ4v) is 7.15. The zero-order chi connectivity index (χ0) is 20.9. The number of likely N-dealkylation sites (tertiary alicyclic amines) is 1. The Morgan fingerprint density at radius 1 is 1.17 bits per heavy atom. The molecule has 8 heteroatoms. The Morgan fingerprint density at radius 3 is 2.70 bits per heavy atom. The molecule has 30 heavy (non-hydrogen) atoms. The highest BCUT2D eigenvalue weighted by Gasteiger charge is 2.38. The number of sulfonamides is 1. The predicted octanol–water partition coefficient (Wildman–Crippen LogP) is 3.45. The van der Waals surface area contributed by atoms with Gasteiger partial charge in [-0.05, 0) is 54.8 Å². The molecule has 1 atom stereocenters. The van der Waals surface area contributed by atoms with Crippen LogP contribution in [0.2, 0.25) is 0 Å². The molecule has 4 heterocycles. The first-order chi connectivity index (χ1) is 14.5. The molecular formula is C22H25N3O3S2. The number of carbonyl (C=O) groups is 1. The molecule has 1 aromatic heterocycles. The number of rotatable bonds is 2. The first-order valence-electron chi connectivity index (χ1n) is 10.6. The van der Waals surface area contributed by atoms with Crippen LogP contribution in [-0.4, -0.2) is 49.6 Å². The smallest absolute Gasteiger partial charge is 0.285 e. The SMILES string of the molecule is CCC1c2ccsc2CCN1C(=O)C1CCN(C2=NS(=O)(=O)c3ccccc32)CC1. The van der Waals surface area contributed by atoms with Gasteiger partial charge in [-0.15, -0.1) is 15.7 Å². The predicted molar refractivity (Wildman–Crippen MR) is 117 cm³/mol. The van der Waals surface area contributed by atoms with E-state index in [1.54, 1.807) is 23.5 Å². The van der Waals surface area contributed by atoms with E-state index in [9.17, 15) is 13.2 Å². The van der Waals surface area contributed by atoms with Crippen LogP contribution in [0.15, 0.2) is 45.0 Å². The van der Waals surface area contributed by atoms with E-state index in [1.807, 2.05) is 17.0 Å². The molecule has 1 aromatic carbocycles. The molecule has 0 spiro atoms. The van der Waals surface area contributed by atoms with Crippen molar-refractivity contribution in [3.05, 3.63) is 51.7 Å². The molecule has 1 unspecified atom stereocenters. The highest BCUT2D eigenvalue weighted by atomic mass is 32.2. The normalized spacial score (nSPS) is 23.1. The summed E-state index contributed by atoms with van der Waals surface area (Å²) in [5.74, 6) is 0.771. The zero-order valence-corrected chi connectivity index (χ0v) is 18.6. The largest absolute Gasteiger partial charge is 0.355 e. The minimum atomic E-state index is -3.61. The first kappa shape index (κ1) is 19.8. The summed E-state index contributed by atoms with van der Waals surface area (Å²) >= 11 is 1.80. The molecule has 0 radical (unpaired) electrons. The van der Waals surface area contributed by atoms with Crippen LogP contribution in [-0.2, 0) is 21.2 Å². The molecule has 1 fully saturated rings. The van der Waals surface area contributed by atoms with E-state index in [0.29, 0.717) is 24.5 Å². The summed E-state index contributed by atoms with van der Waals surface area (Å²) in [5, 5.41) is 2.13. The fourth-order valence-electron chi connectivity index (χ4n) is 4.99. The van der Waals surface area contributed by atoms with Crippen molar-refractivity contribution in [3.63, 3.8) is 0 Å². The van der Waals surface area contributed by atoms with Gasteiger partial charge in [0.25, 0.3) is 10.0 Å². The van der Waals surface area contributed by atoms with Crippen LogP contribution >= 0.6 is 11.3 Å². The lowest BCUT2D eigenvalue weighted by Gasteiger charge is -2.40. The highest BCUT2D eigenvalue weighted by Crippen LogP contribution is 2.37. The number of hydrogen-bond acceptors (Lipinski definition) is 5. The molecule has 0 N–H and O–H groups in total. The van der Waals surface area contributed by atoms with Crippen molar-refractivity contribution in [3.8, 4) is 0 Å². The van der Waals surface area contributed by atoms with E-state index in [2.05, 4.69) is 27.7 Å². The molecular weight excluding hydrogens is 418 g/mol. The van der Waals surface area contributed by atoms with Crippen molar-refractivity contribution in [1.29, 1.82) is 0 Å². The fraction of sp³-hybridized carbons (Fsp3) is 0.455. The van der Waals surface area contributed by atoms with Crippen molar-refractivity contribution in [1.82, 2.24) is 9.80 Å². The van der Waals surface area contributed by atoms with Crippen LogP contribution in [0.5, 0.6) is 0 Å². The van der Waals surface area contributed by atoms with Crippen LogP contribution in [0.25, 0.3) is 0 Å². The summed E-state index contributed by atoms with van der Waals surface area (Å²) < 4.78 is 28.8. The number of carbonyl (C=O) groups excluding carboxylic acids is 1. The third-order valence-electron chi connectivity index (χ3n) is 6.52. The van der Waals surface area contributed by atoms with Crippen LogP contribution in [0.1, 0.15) is 48.2 Å². The maximum absolute atomic E-state index is 13.4. The molecule has 2 aromatic rings. The quantitative estimate of drug-likeness (QED) is 0.713. The molecule has 1 saturated heterocycles.